The molecule has 4 heteroatoms. The molecule has 1 aliphatic rings. The second-order valence-corrected chi connectivity index (χ2v) is 7.07. The van der Waals surface area contributed by atoms with E-state index >= 15 is 0 Å². The van der Waals surface area contributed by atoms with Crippen LogP contribution in [0.4, 0.5) is 0 Å². The third-order valence-corrected chi connectivity index (χ3v) is 5.27. The quantitative estimate of drug-likeness (QED) is 0.432. The summed E-state index contributed by atoms with van der Waals surface area (Å²) in [6, 6.07) is 17.8. The van der Waals surface area contributed by atoms with E-state index in [1.54, 1.807) is 0 Å². The summed E-state index contributed by atoms with van der Waals surface area (Å²) in [4.78, 5) is 0. The summed E-state index contributed by atoms with van der Waals surface area (Å²) in [6.45, 7) is 4.34. The van der Waals surface area contributed by atoms with E-state index in [4.69, 9.17) is 0 Å². The van der Waals surface area contributed by atoms with Gasteiger partial charge in [0.2, 0.25) is 0 Å². The summed E-state index contributed by atoms with van der Waals surface area (Å²) in [5.41, 5.74) is 4.74. The van der Waals surface area contributed by atoms with Crippen LogP contribution in [0.1, 0.15) is 55.0 Å². The molecule has 0 bridgehead atoms. The van der Waals surface area contributed by atoms with Crippen LogP contribution in [0.3, 0.4) is 0 Å². The molecule has 1 heterocycles. The molecule has 0 unspecified atom stereocenters. The summed E-state index contributed by atoms with van der Waals surface area (Å²) in [6.07, 6.45) is 6.34. The Bertz CT molecular complexity index is 844. The fraction of sp³-hybridized carbons (Fsp3) is 0.364. The Balaban J connectivity index is 0.00000196. The number of aromatic nitrogens is 3. The number of benzene rings is 2. The Hall–Kier alpha value is -1.77. The summed E-state index contributed by atoms with van der Waals surface area (Å²) in [5, 5.41) is 9.27. The average Bonchev–Trinajstić information content (AvgIpc) is 3.08. The summed E-state index contributed by atoms with van der Waals surface area (Å²) in [5.74, 6) is 2.51. The van der Waals surface area contributed by atoms with Crippen molar-refractivity contribution in [3.05, 3.63) is 65.5 Å². The number of para-hydroxylation sites is 1. The Labute approximate surface area is 169 Å². The maximum Gasteiger partial charge on any atom is 0.131 e. The van der Waals surface area contributed by atoms with Gasteiger partial charge in [-0.15, -0.1) is 41.0 Å². The van der Waals surface area contributed by atoms with Crippen molar-refractivity contribution < 1.29 is 20.1 Å². The normalized spacial score (nSPS) is 14.8. The van der Waals surface area contributed by atoms with Crippen molar-refractivity contribution in [3.8, 4) is 17.1 Å². The first-order valence-corrected chi connectivity index (χ1v) is 9.24. The van der Waals surface area contributed by atoms with Crippen LogP contribution in [0.5, 0.6) is 0 Å². The molecule has 3 nitrogen and oxygen atoms in total. The van der Waals surface area contributed by atoms with Crippen LogP contribution < -0.4 is 0 Å². The van der Waals surface area contributed by atoms with Crippen LogP contribution in [0, 0.1) is 19.9 Å². The second kappa shape index (κ2) is 8.28. The minimum absolute atomic E-state index is 0. The number of hydrogen-bond acceptors (Lipinski definition) is 2. The predicted octanol–water partition coefficient (Wildman–Crippen LogP) is 5.40. The molecule has 1 radical (unpaired) electrons. The minimum atomic E-state index is 0. The molecule has 1 aliphatic carbocycles. The molecule has 0 N–H and O–H groups in total. The van der Waals surface area contributed by atoms with Gasteiger partial charge >= 0.3 is 0 Å². The van der Waals surface area contributed by atoms with Crippen molar-refractivity contribution in [3.63, 3.8) is 0 Å². The van der Waals surface area contributed by atoms with Crippen molar-refractivity contribution in [2.75, 3.05) is 0 Å². The smallest absolute Gasteiger partial charge is 0.131 e. The van der Waals surface area contributed by atoms with Gasteiger partial charge in [0.25, 0.3) is 0 Å². The molecule has 2 aromatic carbocycles. The fourth-order valence-electron chi connectivity index (χ4n) is 4.01. The van der Waals surface area contributed by atoms with Gasteiger partial charge in [-0.1, -0.05) is 37.5 Å². The largest absolute Gasteiger partial charge is 0.319 e. The maximum absolute atomic E-state index is 4.67. The number of nitrogens with zero attached hydrogens (tertiary/aromatic N) is 3. The van der Waals surface area contributed by atoms with Gasteiger partial charge in [-0.2, -0.15) is 5.10 Å². The van der Waals surface area contributed by atoms with Crippen molar-refractivity contribution in [1.29, 1.82) is 0 Å². The summed E-state index contributed by atoms with van der Waals surface area (Å²) < 4.78 is 2.30. The zero-order valence-electron chi connectivity index (χ0n) is 15.3. The van der Waals surface area contributed by atoms with Crippen molar-refractivity contribution in [1.82, 2.24) is 14.8 Å². The molecule has 137 valence electrons. The first kappa shape index (κ1) is 19.0. The van der Waals surface area contributed by atoms with Gasteiger partial charge in [0, 0.05) is 31.7 Å². The van der Waals surface area contributed by atoms with Crippen LogP contribution in [-0.4, -0.2) is 14.8 Å². The van der Waals surface area contributed by atoms with Crippen LogP contribution >= 0.6 is 0 Å². The van der Waals surface area contributed by atoms with Crippen molar-refractivity contribution in [2.45, 2.75) is 51.9 Å². The molecule has 0 aliphatic heterocycles. The van der Waals surface area contributed by atoms with Crippen LogP contribution in [0.15, 0.2) is 42.5 Å². The van der Waals surface area contributed by atoms with Gasteiger partial charge in [0.1, 0.15) is 5.82 Å². The molecular formula is C22H24IrN3-. The third kappa shape index (κ3) is 3.54. The topological polar surface area (TPSA) is 30.7 Å². The third-order valence-electron chi connectivity index (χ3n) is 5.27. The van der Waals surface area contributed by atoms with Crippen LogP contribution in [-0.2, 0) is 20.1 Å². The Kier molecular flexibility index (Phi) is 6.05. The van der Waals surface area contributed by atoms with E-state index < -0.39 is 0 Å². The zero-order chi connectivity index (χ0) is 17.2. The maximum atomic E-state index is 4.67. The number of aryl methyl sites for hydroxylation is 2. The van der Waals surface area contributed by atoms with E-state index in [2.05, 4.69) is 58.9 Å². The first-order valence-electron chi connectivity index (χ1n) is 9.24. The summed E-state index contributed by atoms with van der Waals surface area (Å²) >= 11 is 0. The predicted molar refractivity (Wildman–Crippen MR) is 101 cm³/mol. The molecule has 0 amide bonds. The van der Waals surface area contributed by atoms with E-state index in [0.29, 0.717) is 5.92 Å². The van der Waals surface area contributed by atoms with Crippen molar-refractivity contribution in [2.24, 2.45) is 0 Å². The number of rotatable bonds is 3. The Morgan fingerprint density at radius 3 is 2.31 bits per heavy atom. The Morgan fingerprint density at radius 1 is 0.923 bits per heavy atom. The van der Waals surface area contributed by atoms with Gasteiger partial charge < -0.3 is 4.57 Å². The molecule has 4 rings (SSSR count). The molecule has 0 atom stereocenters. The van der Waals surface area contributed by atoms with E-state index in [1.165, 1.54) is 48.9 Å². The van der Waals surface area contributed by atoms with Gasteiger partial charge in [0.15, 0.2) is 0 Å². The molecular weight excluding hydrogens is 498 g/mol. The van der Waals surface area contributed by atoms with Crippen molar-refractivity contribution >= 4 is 0 Å². The van der Waals surface area contributed by atoms with Gasteiger partial charge in [-0.3, -0.25) is 0 Å². The molecule has 0 saturated heterocycles. The minimum Gasteiger partial charge on any atom is -0.319 e. The monoisotopic (exact) mass is 523 g/mol. The summed E-state index contributed by atoms with van der Waals surface area (Å²) in [7, 11) is 0. The standard InChI is InChI=1S/C22H24N3.Ir/c1-16-10-9-11-17(2)20(16)25-21(18-12-5-3-6-13-18)23-24-22(25)19-14-7-4-8-15-19;/h3,5-6,9-12,19H,4,7-8,14-15H2,1-2H3;/q-1;. The number of hydrogen-bond donors (Lipinski definition) is 0. The van der Waals surface area contributed by atoms with Gasteiger partial charge in [-0.05, 0) is 37.8 Å². The zero-order valence-corrected chi connectivity index (χ0v) is 17.7. The molecule has 26 heavy (non-hydrogen) atoms. The van der Waals surface area contributed by atoms with Crippen LogP contribution in [0.2, 0.25) is 0 Å². The van der Waals surface area contributed by atoms with E-state index in [0.717, 1.165) is 17.2 Å². The van der Waals surface area contributed by atoms with E-state index in [9.17, 15) is 0 Å². The SMILES string of the molecule is Cc1cccc(C)c1-n1c(-c2[c-]cccc2)nnc1C1CCCCC1.[Ir]. The van der Waals surface area contributed by atoms with E-state index in [-0.39, 0.29) is 20.1 Å². The van der Waals surface area contributed by atoms with Gasteiger partial charge in [0.05, 0.1) is 5.82 Å². The molecule has 1 aromatic heterocycles. The molecule has 1 saturated carbocycles. The second-order valence-electron chi connectivity index (χ2n) is 7.07. The first-order chi connectivity index (χ1) is 12.3. The molecule has 1 fully saturated rings. The fourth-order valence-corrected chi connectivity index (χ4v) is 4.01. The Morgan fingerprint density at radius 2 is 1.65 bits per heavy atom. The van der Waals surface area contributed by atoms with E-state index in [1.807, 2.05) is 18.2 Å². The van der Waals surface area contributed by atoms with Crippen LogP contribution in [0.25, 0.3) is 17.1 Å². The average molecular weight is 523 g/mol. The van der Waals surface area contributed by atoms with Gasteiger partial charge in [-0.25, -0.2) is 0 Å². The molecule has 0 spiro atoms. The molecule has 3 aromatic rings.